The summed E-state index contributed by atoms with van der Waals surface area (Å²) in [4.78, 5) is 26.8. The quantitative estimate of drug-likeness (QED) is 0.860. The van der Waals surface area contributed by atoms with Gasteiger partial charge in [-0.1, -0.05) is 25.1 Å². The third kappa shape index (κ3) is 4.43. The van der Waals surface area contributed by atoms with Crippen molar-refractivity contribution in [3.8, 4) is 0 Å². The van der Waals surface area contributed by atoms with Crippen molar-refractivity contribution in [3.63, 3.8) is 0 Å². The van der Waals surface area contributed by atoms with E-state index in [4.69, 9.17) is 0 Å². The highest BCUT2D eigenvalue weighted by Gasteiger charge is 2.23. The van der Waals surface area contributed by atoms with E-state index in [2.05, 4.69) is 17.3 Å². The molecule has 1 aliphatic rings. The van der Waals surface area contributed by atoms with Crippen LogP contribution < -0.4 is 10.9 Å². The monoisotopic (exact) mass is 378 g/mol. The molecule has 1 N–H and O–H groups in total. The number of amides is 1. The molecule has 6 nitrogen and oxygen atoms in total. The molecule has 0 unspecified atom stereocenters. The zero-order valence-corrected chi connectivity index (χ0v) is 16.2. The number of piperidine rings is 1. The molecule has 0 spiro atoms. The van der Waals surface area contributed by atoms with E-state index in [1.807, 2.05) is 23.1 Å². The molecule has 0 saturated carbocycles. The van der Waals surface area contributed by atoms with Crippen molar-refractivity contribution in [3.05, 3.63) is 40.3 Å². The molecular weight excluding hydrogens is 352 g/mol. The fraction of sp³-hybridized carbons (Fsp3) is 0.526. The predicted octanol–water partition coefficient (Wildman–Crippen LogP) is 1.75. The van der Waals surface area contributed by atoms with Gasteiger partial charge in [-0.2, -0.15) is 5.10 Å². The second-order valence-electron chi connectivity index (χ2n) is 6.73. The molecule has 2 aromatic rings. The van der Waals surface area contributed by atoms with E-state index in [1.165, 1.54) is 4.68 Å². The van der Waals surface area contributed by atoms with Gasteiger partial charge in [0, 0.05) is 25.5 Å². The SMILES string of the molecule is CCNCC1CCN(C(=O)Cc2nn(C)c(=O)c3ccccc23)CC1.Cl. The molecule has 1 aliphatic heterocycles. The first-order valence-corrected chi connectivity index (χ1v) is 9.03. The van der Waals surface area contributed by atoms with Crippen molar-refractivity contribution in [2.75, 3.05) is 26.2 Å². The van der Waals surface area contributed by atoms with Gasteiger partial charge in [-0.3, -0.25) is 9.59 Å². The Morgan fingerprint density at radius 3 is 2.54 bits per heavy atom. The smallest absolute Gasteiger partial charge is 0.274 e. The largest absolute Gasteiger partial charge is 0.342 e. The van der Waals surface area contributed by atoms with E-state index in [9.17, 15) is 9.59 Å². The number of rotatable bonds is 5. The summed E-state index contributed by atoms with van der Waals surface area (Å²) < 4.78 is 1.33. The second-order valence-corrected chi connectivity index (χ2v) is 6.73. The topological polar surface area (TPSA) is 67.2 Å². The van der Waals surface area contributed by atoms with Gasteiger partial charge < -0.3 is 10.2 Å². The van der Waals surface area contributed by atoms with E-state index in [0.29, 0.717) is 17.0 Å². The third-order valence-corrected chi connectivity index (χ3v) is 5.00. The molecule has 0 atom stereocenters. The maximum absolute atomic E-state index is 12.7. The fourth-order valence-electron chi connectivity index (χ4n) is 3.50. The molecule has 1 amide bonds. The fourth-order valence-corrected chi connectivity index (χ4v) is 3.50. The Morgan fingerprint density at radius 1 is 1.23 bits per heavy atom. The lowest BCUT2D eigenvalue weighted by atomic mass is 9.96. The standard InChI is InChI=1S/C19H26N4O2.ClH/c1-3-20-13-14-8-10-23(11-9-14)18(24)12-17-15-6-4-5-7-16(15)19(25)22(2)21-17;/h4-7,14,20H,3,8-13H2,1-2H3;1H. The average molecular weight is 379 g/mol. The van der Waals surface area contributed by atoms with Gasteiger partial charge in [0.2, 0.25) is 5.91 Å². The Balaban J connectivity index is 0.00000243. The number of aryl methyl sites for hydroxylation is 1. The molecule has 7 heteroatoms. The van der Waals surface area contributed by atoms with Crippen LogP contribution in [0.2, 0.25) is 0 Å². The van der Waals surface area contributed by atoms with Crippen molar-refractivity contribution in [1.82, 2.24) is 20.0 Å². The second kappa shape index (κ2) is 9.14. The Hall–Kier alpha value is -1.92. The van der Waals surface area contributed by atoms with Crippen molar-refractivity contribution in [2.24, 2.45) is 13.0 Å². The zero-order chi connectivity index (χ0) is 17.8. The van der Waals surface area contributed by atoms with Crippen molar-refractivity contribution in [2.45, 2.75) is 26.2 Å². The van der Waals surface area contributed by atoms with Crippen LogP contribution in [0.5, 0.6) is 0 Å². The number of aromatic nitrogens is 2. The minimum absolute atomic E-state index is 0. The third-order valence-electron chi connectivity index (χ3n) is 5.00. The van der Waals surface area contributed by atoms with Gasteiger partial charge in [-0.15, -0.1) is 12.4 Å². The lowest BCUT2D eigenvalue weighted by Gasteiger charge is -2.32. The van der Waals surface area contributed by atoms with Crippen LogP contribution in [0.25, 0.3) is 10.8 Å². The Bertz CT molecular complexity index is 813. The highest BCUT2D eigenvalue weighted by molar-refractivity contribution is 5.88. The maximum Gasteiger partial charge on any atom is 0.274 e. The first-order chi connectivity index (χ1) is 12.1. The van der Waals surface area contributed by atoms with E-state index < -0.39 is 0 Å². The molecule has 1 fully saturated rings. The van der Waals surface area contributed by atoms with Crippen LogP contribution in [0.1, 0.15) is 25.5 Å². The molecule has 3 rings (SSSR count). The van der Waals surface area contributed by atoms with Gasteiger partial charge in [0.1, 0.15) is 0 Å². The van der Waals surface area contributed by atoms with Gasteiger partial charge in [0.05, 0.1) is 17.5 Å². The molecular formula is C19H27ClN4O2. The molecule has 26 heavy (non-hydrogen) atoms. The van der Waals surface area contributed by atoms with Crippen LogP contribution in [-0.2, 0) is 18.3 Å². The lowest BCUT2D eigenvalue weighted by Crippen LogP contribution is -2.41. The maximum atomic E-state index is 12.7. The van der Waals surface area contributed by atoms with Crippen LogP contribution in [0.3, 0.4) is 0 Å². The summed E-state index contributed by atoms with van der Waals surface area (Å²) in [6.07, 6.45) is 2.33. The number of nitrogens with one attached hydrogen (secondary N) is 1. The van der Waals surface area contributed by atoms with Crippen LogP contribution in [-0.4, -0.2) is 46.8 Å². The molecule has 0 aliphatic carbocycles. The first-order valence-electron chi connectivity index (χ1n) is 9.03. The minimum Gasteiger partial charge on any atom is -0.342 e. The van der Waals surface area contributed by atoms with Crippen molar-refractivity contribution >= 4 is 29.1 Å². The molecule has 1 aromatic heterocycles. The number of halogens is 1. The summed E-state index contributed by atoms with van der Waals surface area (Å²) in [7, 11) is 1.63. The van der Waals surface area contributed by atoms with E-state index >= 15 is 0 Å². The van der Waals surface area contributed by atoms with E-state index in [1.54, 1.807) is 13.1 Å². The zero-order valence-electron chi connectivity index (χ0n) is 15.4. The van der Waals surface area contributed by atoms with E-state index in [-0.39, 0.29) is 30.3 Å². The van der Waals surface area contributed by atoms with Crippen LogP contribution in [0.4, 0.5) is 0 Å². The molecule has 142 valence electrons. The molecule has 0 radical (unpaired) electrons. The van der Waals surface area contributed by atoms with E-state index in [0.717, 1.165) is 44.4 Å². The van der Waals surface area contributed by atoms with Crippen LogP contribution >= 0.6 is 12.4 Å². The minimum atomic E-state index is -0.129. The normalized spacial score (nSPS) is 15.1. The van der Waals surface area contributed by atoms with Gasteiger partial charge in [-0.25, -0.2) is 4.68 Å². The molecule has 1 aromatic carbocycles. The van der Waals surface area contributed by atoms with Crippen molar-refractivity contribution < 1.29 is 4.79 Å². The number of carbonyl (C=O) groups excluding carboxylic acids is 1. The Morgan fingerprint density at radius 2 is 1.88 bits per heavy atom. The first kappa shape index (κ1) is 20.4. The summed E-state index contributed by atoms with van der Waals surface area (Å²) in [5, 5.41) is 9.12. The summed E-state index contributed by atoms with van der Waals surface area (Å²) in [5.74, 6) is 0.749. The summed E-state index contributed by atoms with van der Waals surface area (Å²) >= 11 is 0. The molecule has 0 bridgehead atoms. The lowest BCUT2D eigenvalue weighted by molar-refractivity contribution is -0.131. The number of hydrogen-bond acceptors (Lipinski definition) is 4. The summed E-state index contributed by atoms with van der Waals surface area (Å²) in [6, 6.07) is 7.38. The van der Waals surface area contributed by atoms with Gasteiger partial charge in [0.15, 0.2) is 0 Å². The van der Waals surface area contributed by atoms with Gasteiger partial charge in [0.25, 0.3) is 5.56 Å². The highest BCUT2D eigenvalue weighted by atomic mass is 35.5. The summed E-state index contributed by atoms with van der Waals surface area (Å²) in [5.41, 5.74) is 0.550. The van der Waals surface area contributed by atoms with Gasteiger partial charge in [-0.05, 0) is 37.9 Å². The number of hydrogen-bond donors (Lipinski definition) is 1. The Labute approximate surface area is 160 Å². The predicted molar refractivity (Wildman–Crippen MR) is 106 cm³/mol. The number of carbonyl (C=O) groups is 1. The Kier molecular flexibility index (Phi) is 7.17. The van der Waals surface area contributed by atoms with Crippen LogP contribution in [0.15, 0.2) is 29.1 Å². The number of nitrogens with zero attached hydrogens (tertiary/aromatic N) is 3. The number of likely N-dealkylation sites (tertiary alicyclic amines) is 1. The van der Waals surface area contributed by atoms with Crippen molar-refractivity contribution in [1.29, 1.82) is 0 Å². The number of fused-ring (bicyclic) bond motifs is 1. The summed E-state index contributed by atoms with van der Waals surface area (Å²) in [6.45, 7) is 5.75. The number of benzene rings is 1. The highest BCUT2D eigenvalue weighted by Crippen LogP contribution is 2.19. The molecule has 2 heterocycles. The van der Waals surface area contributed by atoms with Crippen LogP contribution in [0, 0.1) is 5.92 Å². The average Bonchev–Trinajstić information content (AvgIpc) is 2.64. The van der Waals surface area contributed by atoms with Gasteiger partial charge >= 0.3 is 0 Å². The molecule has 1 saturated heterocycles.